The number of halogens is 1. The highest BCUT2D eigenvalue weighted by atomic mass is 35.5. The Morgan fingerprint density at radius 2 is 1.67 bits per heavy atom. The largest absolute Gasteiger partial charge is 0.352 e. The van der Waals surface area contributed by atoms with Gasteiger partial charge in [0, 0.05) is 22.7 Å². The highest BCUT2D eigenvalue weighted by Gasteiger charge is 2.36. The number of carbonyl (C=O) groups is 1. The summed E-state index contributed by atoms with van der Waals surface area (Å²) in [5.74, 6) is 5.98. The van der Waals surface area contributed by atoms with Gasteiger partial charge in [-0.3, -0.25) is 21.1 Å². The highest BCUT2D eigenvalue weighted by molar-refractivity contribution is 6.31. The third kappa shape index (κ3) is 13.4. The summed E-state index contributed by atoms with van der Waals surface area (Å²) in [4.78, 5) is 16.9. The van der Waals surface area contributed by atoms with Crippen LogP contribution in [-0.2, 0) is 0 Å². The van der Waals surface area contributed by atoms with E-state index in [2.05, 4.69) is 89.8 Å². The third-order valence-electron chi connectivity index (χ3n) is 8.42. The van der Waals surface area contributed by atoms with Gasteiger partial charge in [0.05, 0.1) is 11.3 Å². The summed E-state index contributed by atoms with van der Waals surface area (Å²) >= 11 is 6.20. The summed E-state index contributed by atoms with van der Waals surface area (Å²) in [6.07, 6.45) is 7.81. The van der Waals surface area contributed by atoms with E-state index in [1.807, 2.05) is 37.3 Å². The SMILES string of the molecule is C=C(CC)C(=NC1(C)CCC(C(C)(C)C)CC1)c1cccc(Cl)c1.CCCNC(=O)c1ccc(C(C)CC)cc1.CNN. The number of amides is 1. The van der Waals surface area contributed by atoms with Gasteiger partial charge in [-0.2, -0.15) is 0 Å². The summed E-state index contributed by atoms with van der Waals surface area (Å²) in [6.45, 7) is 22.9. The van der Waals surface area contributed by atoms with Gasteiger partial charge in [-0.05, 0) is 112 Å². The van der Waals surface area contributed by atoms with Crippen LogP contribution < -0.4 is 16.6 Å². The van der Waals surface area contributed by atoms with Crippen LogP contribution in [0.3, 0.4) is 0 Å². The molecule has 2 aromatic carbocycles. The molecule has 4 N–H and O–H groups in total. The molecule has 6 heteroatoms. The van der Waals surface area contributed by atoms with Gasteiger partial charge in [-0.15, -0.1) is 0 Å². The van der Waals surface area contributed by atoms with Crippen molar-refractivity contribution in [2.45, 2.75) is 112 Å². The lowest BCUT2D eigenvalue weighted by Crippen LogP contribution is -2.34. The first-order chi connectivity index (χ1) is 20.2. The second-order valence-electron chi connectivity index (χ2n) is 13.0. The van der Waals surface area contributed by atoms with E-state index in [1.54, 1.807) is 7.05 Å². The van der Waals surface area contributed by atoms with E-state index >= 15 is 0 Å². The van der Waals surface area contributed by atoms with Crippen LogP contribution in [0.5, 0.6) is 0 Å². The van der Waals surface area contributed by atoms with Crippen molar-refractivity contribution in [3.8, 4) is 0 Å². The smallest absolute Gasteiger partial charge is 0.251 e. The van der Waals surface area contributed by atoms with Gasteiger partial charge in [0.15, 0.2) is 0 Å². The second-order valence-corrected chi connectivity index (χ2v) is 13.5. The fourth-order valence-corrected chi connectivity index (χ4v) is 5.37. The first kappa shape index (κ1) is 38.6. The summed E-state index contributed by atoms with van der Waals surface area (Å²) in [7, 11) is 1.65. The third-order valence-corrected chi connectivity index (χ3v) is 8.65. The maximum absolute atomic E-state index is 11.6. The van der Waals surface area contributed by atoms with E-state index in [-0.39, 0.29) is 11.4 Å². The summed E-state index contributed by atoms with van der Waals surface area (Å²) in [6, 6.07) is 15.9. The van der Waals surface area contributed by atoms with E-state index in [9.17, 15) is 4.79 Å². The number of aliphatic imine (C=N–C) groups is 1. The van der Waals surface area contributed by atoms with Crippen molar-refractivity contribution < 1.29 is 4.79 Å². The first-order valence-corrected chi connectivity index (χ1v) is 16.4. The van der Waals surface area contributed by atoms with Crippen molar-refractivity contribution in [2.75, 3.05) is 13.6 Å². The Hall–Kier alpha value is -2.47. The normalized spacial score (nSPS) is 19.2. The van der Waals surface area contributed by atoms with Crippen molar-refractivity contribution in [3.63, 3.8) is 0 Å². The molecule has 1 fully saturated rings. The number of rotatable bonds is 9. The topological polar surface area (TPSA) is 79.5 Å². The van der Waals surface area contributed by atoms with Gasteiger partial charge in [0.1, 0.15) is 0 Å². The van der Waals surface area contributed by atoms with Gasteiger partial charge in [-0.25, -0.2) is 0 Å². The molecular weight excluding hydrogens is 552 g/mol. The van der Waals surface area contributed by atoms with Crippen LogP contribution in [-0.4, -0.2) is 30.8 Å². The summed E-state index contributed by atoms with van der Waals surface area (Å²) in [5, 5.41) is 3.63. The Morgan fingerprint density at radius 3 is 2.14 bits per heavy atom. The fourth-order valence-electron chi connectivity index (χ4n) is 5.18. The Kier molecular flexibility index (Phi) is 17.1. The zero-order valence-corrected chi connectivity index (χ0v) is 29.2. The van der Waals surface area contributed by atoms with E-state index < -0.39 is 0 Å². The molecule has 0 aliphatic heterocycles. The quantitative estimate of drug-likeness (QED) is 0.150. The summed E-state index contributed by atoms with van der Waals surface area (Å²) in [5.41, 5.74) is 7.93. The molecule has 5 nitrogen and oxygen atoms in total. The molecular formula is C37H59ClN4O. The fraction of sp³-hybridized carbons (Fsp3) is 0.568. The van der Waals surface area contributed by atoms with Crippen LogP contribution in [0.25, 0.3) is 0 Å². The monoisotopic (exact) mass is 610 g/mol. The highest BCUT2D eigenvalue weighted by Crippen LogP contribution is 2.43. The molecule has 0 heterocycles. The second kappa shape index (κ2) is 19.0. The molecule has 43 heavy (non-hydrogen) atoms. The zero-order chi connectivity index (χ0) is 32.6. The minimum absolute atomic E-state index is 0.0114. The minimum Gasteiger partial charge on any atom is -0.352 e. The number of benzene rings is 2. The van der Waals surface area contributed by atoms with Crippen molar-refractivity contribution in [1.82, 2.24) is 10.7 Å². The van der Waals surface area contributed by atoms with Crippen LogP contribution in [0, 0.1) is 11.3 Å². The van der Waals surface area contributed by atoms with Crippen LogP contribution >= 0.6 is 11.6 Å². The zero-order valence-electron chi connectivity index (χ0n) is 28.4. The number of hydrogen-bond acceptors (Lipinski definition) is 4. The van der Waals surface area contributed by atoms with E-state index in [4.69, 9.17) is 16.6 Å². The molecule has 0 radical (unpaired) electrons. The average Bonchev–Trinajstić information content (AvgIpc) is 2.98. The Labute approximate surface area is 268 Å². The van der Waals surface area contributed by atoms with E-state index in [1.165, 1.54) is 18.4 Å². The van der Waals surface area contributed by atoms with Gasteiger partial charge in [-0.1, -0.05) is 90.9 Å². The molecule has 0 bridgehead atoms. The number of hydrazine groups is 1. The minimum atomic E-state index is 0.0114. The summed E-state index contributed by atoms with van der Waals surface area (Å²) < 4.78 is 0. The number of nitrogens with two attached hydrogens (primary N) is 1. The molecule has 1 saturated carbocycles. The molecule has 1 atom stereocenters. The predicted molar refractivity (Wildman–Crippen MR) is 188 cm³/mol. The molecule has 1 aliphatic rings. The van der Waals surface area contributed by atoms with Crippen molar-refractivity contribution in [2.24, 2.45) is 22.2 Å². The van der Waals surface area contributed by atoms with Gasteiger partial charge >= 0.3 is 0 Å². The number of nitrogens with one attached hydrogen (secondary N) is 2. The lowest BCUT2D eigenvalue weighted by Gasteiger charge is -2.40. The van der Waals surface area contributed by atoms with Crippen LogP contribution in [0.2, 0.25) is 5.02 Å². The Morgan fingerprint density at radius 1 is 1.09 bits per heavy atom. The standard InChI is InChI=1S/C22H32ClN.C14H21NO.CH6N2/c1-7-16(2)20(17-9-8-10-19(23)15-17)24-22(6)13-11-18(12-14-22)21(3,4)5;1-4-10-15-14(16)13-8-6-12(7-9-13)11(3)5-2;1-3-2/h8-10,15,18H,2,7,11-14H2,1,3-6H3;6-9,11H,4-5,10H2,1-3H3,(H,15,16);3H,2H2,1H3. The molecule has 3 rings (SSSR count). The molecule has 1 aliphatic carbocycles. The number of hydrogen-bond donors (Lipinski definition) is 3. The Balaban J connectivity index is 0.000000421. The van der Waals surface area contributed by atoms with Gasteiger partial charge < -0.3 is 5.32 Å². The van der Waals surface area contributed by atoms with Crippen LogP contribution in [0.4, 0.5) is 0 Å². The predicted octanol–water partition coefficient (Wildman–Crippen LogP) is 9.51. The van der Waals surface area contributed by atoms with Crippen molar-refractivity contribution >= 4 is 23.2 Å². The first-order valence-electron chi connectivity index (χ1n) is 16.0. The van der Waals surface area contributed by atoms with Crippen molar-refractivity contribution in [3.05, 3.63) is 82.4 Å². The molecule has 240 valence electrons. The van der Waals surface area contributed by atoms with E-state index in [0.717, 1.165) is 72.0 Å². The molecule has 1 amide bonds. The van der Waals surface area contributed by atoms with Gasteiger partial charge in [0.25, 0.3) is 5.91 Å². The van der Waals surface area contributed by atoms with Crippen molar-refractivity contribution in [1.29, 1.82) is 0 Å². The Bertz CT molecular complexity index is 1140. The lowest BCUT2D eigenvalue weighted by molar-refractivity contribution is 0.0953. The number of nitrogens with zero attached hydrogens (tertiary/aromatic N) is 1. The number of allylic oxidation sites excluding steroid dienone is 1. The molecule has 0 spiro atoms. The van der Waals surface area contributed by atoms with E-state index in [0.29, 0.717) is 11.3 Å². The lowest BCUT2D eigenvalue weighted by atomic mass is 9.68. The maximum atomic E-state index is 11.6. The maximum Gasteiger partial charge on any atom is 0.251 e. The molecule has 0 aromatic heterocycles. The van der Waals surface area contributed by atoms with Gasteiger partial charge in [0.2, 0.25) is 0 Å². The average molecular weight is 611 g/mol. The molecule has 0 saturated heterocycles. The van der Waals surface area contributed by atoms with Crippen LogP contribution in [0.15, 0.2) is 65.7 Å². The number of carbonyl (C=O) groups excluding carboxylic acids is 1. The van der Waals surface area contributed by atoms with Crippen LogP contribution in [0.1, 0.15) is 128 Å². The molecule has 2 aromatic rings. The molecule has 1 unspecified atom stereocenters.